The van der Waals surface area contributed by atoms with Gasteiger partial charge in [-0.1, -0.05) is 78.9 Å². The van der Waals surface area contributed by atoms with Crippen molar-refractivity contribution in [2.45, 2.75) is 0 Å². The fraction of sp³-hybridized carbons (Fsp3) is 0.0400. The minimum Gasteiger partial charge on any atom is -0.342 e. The largest absolute Gasteiger partial charge is 0.342 e. The van der Waals surface area contributed by atoms with E-state index in [1.807, 2.05) is 11.3 Å². The molecule has 1 nitrogen and oxygen atoms in total. The van der Waals surface area contributed by atoms with Crippen LogP contribution < -0.4 is 0 Å². The van der Waals surface area contributed by atoms with Gasteiger partial charge >= 0.3 is 0 Å². The van der Waals surface area contributed by atoms with E-state index in [4.69, 9.17) is 0 Å². The number of nitrogens with zero attached hydrogens (tertiary/aromatic N) is 1. The number of fused-ring (bicyclic) bond motifs is 7. The highest BCUT2D eigenvalue weighted by Crippen LogP contribution is 2.43. The van der Waals surface area contributed by atoms with Crippen LogP contribution in [0, 0.1) is 0 Å². The number of thiophene rings is 1. The third-order valence-electron chi connectivity index (χ3n) is 5.60. The average molecular weight is 363 g/mol. The Labute approximate surface area is 161 Å². The van der Waals surface area contributed by atoms with Crippen LogP contribution >= 0.6 is 11.3 Å². The zero-order chi connectivity index (χ0) is 18.0. The maximum atomic E-state index is 2.39. The first-order valence-corrected chi connectivity index (χ1v) is 10.0. The number of hydrogen-bond donors (Lipinski definition) is 0. The number of rotatable bonds is 1. The van der Waals surface area contributed by atoms with Crippen LogP contribution in [0.5, 0.6) is 0 Å². The molecule has 0 saturated carbocycles. The van der Waals surface area contributed by atoms with E-state index in [2.05, 4.69) is 96.5 Å². The summed E-state index contributed by atoms with van der Waals surface area (Å²) in [6, 6.07) is 30.7. The number of para-hydroxylation sites is 1. The van der Waals surface area contributed by atoms with E-state index < -0.39 is 0 Å². The first-order valence-electron chi connectivity index (χ1n) is 9.20. The lowest BCUT2D eigenvalue weighted by atomic mass is 10.0. The normalized spacial score (nSPS) is 11.9. The lowest BCUT2D eigenvalue weighted by Crippen LogP contribution is -1.90. The molecule has 6 rings (SSSR count). The molecule has 0 unspecified atom stereocenters. The van der Waals surface area contributed by atoms with Gasteiger partial charge in [-0.3, -0.25) is 0 Å². The van der Waals surface area contributed by atoms with E-state index in [-0.39, 0.29) is 0 Å². The molecule has 0 bridgehead atoms. The zero-order valence-corrected chi connectivity index (χ0v) is 15.8. The third kappa shape index (κ3) is 1.99. The molecule has 0 aliphatic heterocycles. The lowest BCUT2D eigenvalue weighted by molar-refractivity contribution is 1.02. The van der Waals surface area contributed by atoms with Crippen molar-refractivity contribution in [3.8, 4) is 11.1 Å². The van der Waals surface area contributed by atoms with Crippen LogP contribution in [0.4, 0.5) is 0 Å². The monoisotopic (exact) mass is 363 g/mol. The molecule has 6 aromatic rings. The minimum absolute atomic E-state index is 1.27. The molecular weight excluding hydrogens is 346 g/mol. The van der Waals surface area contributed by atoms with Gasteiger partial charge in [-0.05, 0) is 11.6 Å². The molecule has 0 amide bonds. The highest BCUT2D eigenvalue weighted by molar-refractivity contribution is 7.26. The molecule has 2 heteroatoms. The predicted molar refractivity (Wildman–Crippen MR) is 119 cm³/mol. The van der Waals surface area contributed by atoms with Gasteiger partial charge < -0.3 is 4.57 Å². The van der Waals surface area contributed by atoms with Gasteiger partial charge in [-0.25, -0.2) is 0 Å². The molecule has 2 aromatic heterocycles. The molecule has 27 heavy (non-hydrogen) atoms. The SMILES string of the molecule is Cn1c2c(-c3ccccc3)cccc2c2ccc3c4ccccc4sc3c21. The standard InChI is InChI=1S/C25H17NS/c1-26-23-17(16-8-3-2-4-9-16)11-7-12-19(23)20-14-15-21-18-10-5-6-13-22(18)27-25(21)24(20)26/h2-15H,1H3. The molecule has 0 saturated heterocycles. The van der Waals surface area contributed by atoms with Crippen molar-refractivity contribution in [1.29, 1.82) is 0 Å². The van der Waals surface area contributed by atoms with Gasteiger partial charge in [-0.2, -0.15) is 0 Å². The number of hydrogen-bond acceptors (Lipinski definition) is 1. The summed E-state index contributed by atoms with van der Waals surface area (Å²) in [5.41, 5.74) is 5.21. The smallest absolute Gasteiger partial charge is 0.0670 e. The van der Waals surface area contributed by atoms with Gasteiger partial charge in [0.05, 0.1) is 15.7 Å². The van der Waals surface area contributed by atoms with E-state index in [0.717, 1.165) is 0 Å². The summed E-state index contributed by atoms with van der Waals surface area (Å²) in [5.74, 6) is 0. The van der Waals surface area contributed by atoms with Gasteiger partial charge in [0, 0.05) is 38.9 Å². The van der Waals surface area contributed by atoms with Gasteiger partial charge in [0.1, 0.15) is 0 Å². The molecule has 2 heterocycles. The highest BCUT2D eigenvalue weighted by Gasteiger charge is 2.17. The first kappa shape index (κ1) is 15.0. The number of benzene rings is 4. The second-order valence-corrected chi connectivity index (χ2v) is 8.12. The fourth-order valence-electron chi connectivity index (χ4n) is 4.41. The first-order chi connectivity index (χ1) is 13.3. The van der Waals surface area contributed by atoms with Crippen molar-refractivity contribution >= 4 is 53.3 Å². The predicted octanol–water partition coefficient (Wildman–Crippen LogP) is 7.37. The molecular formula is C25H17NS. The molecule has 0 spiro atoms. The second kappa shape index (κ2) is 5.45. The van der Waals surface area contributed by atoms with Gasteiger partial charge in [-0.15, -0.1) is 11.3 Å². The third-order valence-corrected chi connectivity index (χ3v) is 6.80. The summed E-state index contributed by atoms with van der Waals surface area (Å²) in [7, 11) is 2.21. The van der Waals surface area contributed by atoms with Crippen LogP contribution in [0.3, 0.4) is 0 Å². The van der Waals surface area contributed by atoms with Crippen molar-refractivity contribution in [2.75, 3.05) is 0 Å². The van der Waals surface area contributed by atoms with Crippen LogP contribution in [0.15, 0.2) is 84.9 Å². The topological polar surface area (TPSA) is 4.93 Å². The van der Waals surface area contributed by atoms with E-state index in [1.165, 1.54) is 53.1 Å². The summed E-state index contributed by atoms with van der Waals surface area (Å²) in [6.45, 7) is 0. The molecule has 128 valence electrons. The molecule has 4 aromatic carbocycles. The molecule has 0 N–H and O–H groups in total. The molecule has 0 aliphatic rings. The highest BCUT2D eigenvalue weighted by atomic mass is 32.1. The number of aryl methyl sites for hydroxylation is 1. The van der Waals surface area contributed by atoms with Crippen LogP contribution in [-0.4, -0.2) is 4.57 Å². The Bertz CT molecular complexity index is 1470. The van der Waals surface area contributed by atoms with Gasteiger partial charge in [0.2, 0.25) is 0 Å². The minimum atomic E-state index is 1.27. The summed E-state index contributed by atoms with van der Waals surface area (Å²) in [4.78, 5) is 0. The Kier molecular flexibility index (Phi) is 3.03. The Morgan fingerprint density at radius 2 is 1.30 bits per heavy atom. The summed E-state index contributed by atoms with van der Waals surface area (Å²) < 4.78 is 5.13. The van der Waals surface area contributed by atoms with Crippen molar-refractivity contribution in [3.05, 3.63) is 84.9 Å². The molecule has 0 fully saturated rings. The van der Waals surface area contributed by atoms with Crippen LogP contribution in [0.25, 0.3) is 53.1 Å². The van der Waals surface area contributed by atoms with Crippen LogP contribution in [-0.2, 0) is 7.05 Å². The Balaban J connectivity index is 1.83. The van der Waals surface area contributed by atoms with E-state index in [1.54, 1.807) is 0 Å². The molecule has 0 aliphatic carbocycles. The van der Waals surface area contributed by atoms with Gasteiger partial charge in [0.25, 0.3) is 0 Å². The van der Waals surface area contributed by atoms with E-state index in [9.17, 15) is 0 Å². The Hall–Kier alpha value is -3.10. The average Bonchev–Trinajstić information content (AvgIpc) is 3.24. The van der Waals surface area contributed by atoms with Crippen molar-refractivity contribution in [1.82, 2.24) is 4.57 Å². The molecule has 0 radical (unpaired) electrons. The van der Waals surface area contributed by atoms with Crippen molar-refractivity contribution in [3.63, 3.8) is 0 Å². The lowest BCUT2D eigenvalue weighted by Gasteiger charge is -2.07. The summed E-state index contributed by atoms with van der Waals surface area (Å²) in [6.07, 6.45) is 0. The van der Waals surface area contributed by atoms with Crippen LogP contribution in [0.2, 0.25) is 0 Å². The Morgan fingerprint density at radius 3 is 2.19 bits per heavy atom. The van der Waals surface area contributed by atoms with Crippen molar-refractivity contribution in [2.24, 2.45) is 7.05 Å². The Morgan fingerprint density at radius 1 is 0.593 bits per heavy atom. The number of aromatic nitrogens is 1. The summed E-state index contributed by atoms with van der Waals surface area (Å²) >= 11 is 1.90. The summed E-state index contributed by atoms with van der Waals surface area (Å²) in [5, 5.41) is 5.38. The van der Waals surface area contributed by atoms with Gasteiger partial charge in [0.15, 0.2) is 0 Å². The fourth-order valence-corrected chi connectivity index (χ4v) is 5.70. The maximum Gasteiger partial charge on any atom is 0.0670 e. The second-order valence-electron chi connectivity index (χ2n) is 7.06. The zero-order valence-electron chi connectivity index (χ0n) is 14.9. The van der Waals surface area contributed by atoms with Crippen LogP contribution in [0.1, 0.15) is 0 Å². The van der Waals surface area contributed by atoms with E-state index in [0.29, 0.717) is 0 Å². The quantitative estimate of drug-likeness (QED) is 0.287. The van der Waals surface area contributed by atoms with E-state index >= 15 is 0 Å². The maximum absolute atomic E-state index is 2.39. The molecule has 0 atom stereocenters. The van der Waals surface area contributed by atoms with Crippen molar-refractivity contribution < 1.29 is 0 Å².